The number of amides is 1. The fraction of sp³-hybridized carbons (Fsp3) is 0.130. The molecule has 0 saturated heterocycles. The predicted octanol–water partition coefficient (Wildman–Crippen LogP) is 4.40. The summed E-state index contributed by atoms with van der Waals surface area (Å²) < 4.78 is 30.4. The molecule has 31 heavy (non-hydrogen) atoms. The highest BCUT2D eigenvalue weighted by molar-refractivity contribution is 7.92. The Labute approximate surface area is 184 Å². The van der Waals surface area contributed by atoms with Crippen LogP contribution in [0, 0.1) is 13.8 Å². The van der Waals surface area contributed by atoms with E-state index in [9.17, 15) is 13.2 Å². The Bertz CT molecular complexity index is 1450. The van der Waals surface area contributed by atoms with E-state index in [1.807, 2.05) is 25.5 Å². The summed E-state index contributed by atoms with van der Waals surface area (Å²) in [5, 5.41) is 0. The van der Waals surface area contributed by atoms with Crippen molar-refractivity contribution in [3.05, 3.63) is 88.2 Å². The van der Waals surface area contributed by atoms with E-state index in [1.165, 1.54) is 23.5 Å². The average Bonchev–Trinajstić information content (AvgIpc) is 3.09. The van der Waals surface area contributed by atoms with Crippen molar-refractivity contribution in [2.75, 3.05) is 4.72 Å². The van der Waals surface area contributed by atoms with Gasteiger partial charge < -0.3 is 4.57 Å². The van der Waals surface area contributed by atoms with Crippen LogP contribution in [0.2, 0.25) is 0 Å². The number of aryl methyl sites for hydroxylation is 3. The summed E-state index contributed by atoms with van der Waals surface area (Å²) in [5.41, 5.74) is 4.10. The lowest BCUT2D eigenvalue weighted by molar-refractivity contribution is 0.0998. The number of carbonyl (C=O) groups excluding carboxylic acids is 1. The zero-order valence-electron chi connectivity index (χ0n) is 17.3. The highest BCUT2D eigenvalue weighted by Gasteiger charge is 2.14. The average molecular weight is 452 g/mol. The lowest BCUT2D eigenvalue weighted by Crippen LogP contribution is -2.14. The molecule has 1 amide bonds. The van der Waals surface area contributed by atoms with Crippen LogP contribution in [0.25, 0.3) is 10.2 Å². The topological polar surface area (TPSA) is 80.5 Å². The van der Waals surface area contributed by atoms with Crippen LogP contribution < -0.4 is 9.52 Å². The van der Waals surface area contributed by atoms with E-state index in [0.717, 1.165) is 21.3 Å². The molecular formula is C23H21N3O3S2. The van der Waals surface area contributed by atoms with Crippen LogP contribution in [0.3, 0.4) is 0 Å². The molecule has 0 fully saturated rings. The quantitative estimate of drug-likeness (QED) is 0.499. The lowest BCUT2D eigenvalue weighted by Gasteiger charge is -2.08. The molecule has 0 aliphatic carbocycles. The molecule has 0 aliphatic heterocycles. The second-order valence-corrected chi connectivity index (χ2v) is 9.89. The van der Waals surface area contributed by atoms with Crippen molar-refractivity contribution in [1.29, 1.82) is 0 Å². The minimum Gasteiger partial charge on any atom is -0.319 e. The van der Waals surface area contributed by atoms with Crippen molar-refractivity contribution in [3.8, 4) is 0 Å². The molecule has 0 bridgehead atoms. The number of rotatable bonds is 4. The first kappa shape index (κ1) is 21.0. The summed E-state index contributed by atoms with van der Waals surface area (Å²) in [6.07, 6.45) is 0. The first-order valence-corrected chi connectivity index (χ1v) is 11.9. The molecule has 0 aliphatic rings. The maximum Gasteiger partial charge on any atom is 0.279 e. The zero-order chi connectivity index (χ0) is 22.2. The highest BCUT2D eigenvalue weighted by Crippen LogP contribution is 2.24. The Balaban J connectivity index is 1.61. The van der Waals surface area contributed by atoms with Gasteiger partial charge in [-0.2, -0.15) is 4.99 Å². The largest absolute Gasteiger partial charge is 0.319 e. The molecule has 1 N–H and O–H groups in total. The first-order chi connectivity index (χ1) is 14.8. The smallest absolute Gasteiger partial charge is 0.279 e. The fourth-order valence-corrected chi connectivity index (χ4v) is 5.56. The van der Waals surface area contributed by atoms with Gasteiger partial charge in [-0.3, -0.25) is 9.52 Å². The number of anilines is 1. The van der Waals surface area contributed by atoms with Crippen LogP contribution in [0.15, 0.2) is 76.6 Å². The molecule has 158 valence electrons. The lowest BCUT2D eigenvalue weighted by atomic mass is 10.1. The van der Waals surface area contributed by atoms with Crippen LogP contribution >= 0.6 is 11.3 Å². The maximum atomic E-state index is 12.7. The third-order valence-corrected chi connectivity index (χ3v) is 7.64. The molecule has 0 saturated carbocycles. The fourth-order valence-electron chi connectivity index (χ4n) is 3.32. The molecule has 1 aromatic heterocycles. The summed E-state index contributed by atoms with van der Waals surface area (Å²) in [4.78, 5) is 17.8. The van der Waals surface area contributed by atoms with Gasteiger partial charge in [0.05, 0.1) is 15.1 Å². The van der Waals surface area contributed by atoms with Crippen LogP contribution in [0.5, 0.6) is 0 Å². The number of nitrogens with one attached hydrogen (secondary N) is 1. The summed E-state index contributed by atoms with van der Waals surface area (Å²) >= 11 is 1.48. The van der Waals surface area contributed by atoms with Gasteiger partial charge in [0.1, 0.15) is 0 Å². The number of carbonyl (C=O) groups is 1. The number of nitrogens with zero attached hydrogens (tertiary/aromatic N) is 2. The molecule has 0 atom stereocenters. The normalized spacial score (nSPS) is 12.3. The Morgan fingerprint density at radius 2 is 1.58 bits per heavy atom. The van der Waals surface area contributed by atoms with Gasteiger partial charge in [-0.25, -0.2) is 8.42 Å². The Morgan fingerprint density at radius 1 is 0.935 bits per heavy atom. The van der Waals surface area contributed by atoms with Gasteiger partial charge in [0, 0.05) is 18.3 Å². The number of thiazole rings is 1. The number of benzene rings is 3. The second-order valence-electron chi connectivity index (χ2n) is 7.23. The van der Waals surface area contributed by atoms with E-state index < -0.39 is 10.0 Å². The van der Waals surface area contributed by atoms with Crippen LogP contribution in [0.1, 0.15) is 21.5 Å². The van der Waals surface area contributed by atoms with E-state index >= 15 is 0 Å². The van der Waals surface area contributed by atoms with E-state index in [0.29, 0.717) is 16.1 Å². The number of aromatic nitrogens is 1. The number of sulfonamides is 1. The molecule has 6 nitrogen and oxygen atoms in total. The van der Waals surface area contributed by atoms with Gasteiger partial charge in [0.2, 0.25) is 0 Å². The summed E-state index contributed by atoms with van der Waals surface area (Å²) in [6.45, 7) is 4.08. The van der Waals surface area contributed by atoms with Crippen LogP contribution in [-0.4, -0.2) is 18.9 Å². The second kappa shape index (κ2) is 8.13. The number of fused-ring (bicyclic) bond motifs is 1. The molecule has 8 heteroatoms. The Kier molecular flexibility index (Phi) is 5.51. The van der Waals surface area contributed by atoms with Crippen molar-refractivity contribution in [2.24, 2.45) is 12.0 Å². The van der Waals surface area contributed by atoms with Crippen LogP contribution in [0.4, 0.5) is 5.69 Å². The SMILES string of the molecule is Cc1ccc(C)c2c1sc(=NC(=O)c1ccc(NS(=O)(=O)c3ccccc3)cc1)n2C. The zero-order valence-corrected chi connectivity index (χ0v) is 18.9. The minimum atomic E-state index is -3.68. The van der Waals surface area contributed by atoms with Gasteiger partial charge in [0.25, 0.3) is 15.9 Å². The molecule has 0 unspecified atom stereocenters. The molecule has 3 aromatic carbocycles. The molecular weight excluding hydrogens is 430 g/mol. The van der Waals surface area contributed by atoms with Crippen molar-refractivity contribution in [3.63, 3.8) is 0 Å². The minimum absolute atomic E-state index is 0.174. The third kappa shape index (κ3) is 4.17. The summed E-state index contributed by atoms with van der Waals surface area (Å²) in [6, 6.07) is 18.5. The van der Waals surface area contributed by atoms with Crippen molar-refractivity contribution in [1.82, 2.24) is 4.57 Å². The monoisotopic (exact) mass is 451 g/mol. The molecule has 0 radical (unpaired) electrons. The summed E-state index contributed by atoms with van der Waals surface area (Å²) in [5.74, 6) is -0.380. The number of hydrogen-bond donors (Lipinski definition) is 1. The standard InChI is InChI=1S/C23H21N3O3S2/c1-15-9-10-16(2)21-20(15)26(3)23(30-21)24-22(27)17-11-13-18(14-12-17)25-31(28,29)19-7-5-4-6-8-19/h4-14,25H,1-3H3. The summed E-state index contributed by atoms with van der Waals surface area (Å²) in [7, 11) is -1.78. The van der Waals surface area contributed by atoms with Gasteiger partial charge in [-0.05, 0) is 61.4 Å². The Morgan fingerprint density at radius 3 is 2.23 bits per heavy atom. The first-order valence-electron chi connectivity index (χ1n) is 9.59. The van der Waals surface area contributed by atoms with Crippen molar-refractivity contribution >= 4 is 43.2 Å². The molecule has 0 spiro atoms. The predicted molar refractivity (Wildman–Crippen MR) is 124 cm³/mol. The molecule has 4 rings (SSSR count). The van der Waals surface area contributed by atoms with Gasteiger partial charge >= 0.3 is 0 Å². The van der Waals surface area contributed by atoms with E-state index in [4.69, 9.17) is 0 Å². The van der Waals surface area contributed by atoms with E-state index in [2.05, 4.69) is 21.8 Å². The van der Waals surface area contributed by atoms with Crippen LogP contribution in [-0.2, 0) is 17.1 Å². The van der Waals surface area contributed by atoms with E-state index in [-0.39, 0.29) is 10.8 Å². The van der Waals surface area contributed by atoms with Crippen molar-refractivity contribution in [2.45, 2.75) is 18.7 Å². The van der Waals surface area contributed by atoms with Crippen molar-refractivity contribution < 1.29 is 13.2 Å². The molecule has 1 heterocycles. The van der Waals surface area contributed by atoms with Gasteiger partial charge in [0.15, 0.2) is 4.80 Å². The Hall–Kier alpha value is -3.23. The number of hydrogen-bond acceptors (Lipinski definition) is 4. The molecule has 4 aromatic rings. The van der Waals surface area contributed by atoms with Gasteiger partial charge in [-0.15, -0.1) is 0 Å². The highest BCUT2D eigenvalue weighted by atomic mass is 32.2. The van der Waals surface area contributed by atoms with Gasteiger partial charge in [-0.1, -0.05) is 41.7 Å². The maximum absolute atomic E-state index is 12.7. The van der Waals surface area contributed by atoms with E-state index in [1.54, 1.807) is 42.5 Å². The third-order valence-electron chi connectivity index (χ3n) is 4.98.